The molecule has 4 aromatic heterocycles. The van der Waals surface area contributed by atoms with E-state index in [-0.39, 0.29) is 47.9 Å². The van der Waals surface area contributed by atoms with Crippen LogP contribution in [0.5, 0.6) is 0 Å². The molecule has 0 amide bonds. The Labute approximate surface area is 372 Å². The zero-order valence-electron chi connectivity index (χ0n) is 34.4. The Morgan fingerprint density at radius 1 is 0.661 bits per heavy atom. The number of nitrogens with zero attached hydrogens (tertiary/aromatic N) is 5. The van der Waals surface area contributed by atoms with Crippen molar-refractivity contribution in [3.63, 3.8) is 0 Å². The number of aromatic nitrogens is 5. The number of hydrogen-bond donors (Lipinski definition) is 1. The number of hydrogen-bond acceptors (Lipinski definition) is 5. The molecule has 0 aliphatic heterocycles. The summed E-state index contributed by atoms with van der Waals surface area (Å²) in [7, 11) is 0. The van der Waals surface area contributed by atoms with Crippen LogP contribution in [0, 0.1) is 3.89 Å². The van der Waals surface area contributed by atoms with Crippen molar-refractivity contribution in [2.75, 3.05) is 0 Å². The molecule has 1 N–H and O–H groups in total. The van der Waals surface area contributed by atoms with Crippen LogP contribution in [0.4, 0.5) is 0 Å². The number of imidazole rings is 1. The third-order valence-corrected chi connectivity index (χ3v) is 12.1. The van der Waals surface area contributed by atoms with Gasteiger partial charge in [0, 0.05) is 11.8 Å². The van der Waals surface area contributed by atoms with Crippen LogP contribution in [0.2, 0.25) is 5.02 Å². The molecule has 0 radical (unpaired) electrons. The fourth-order valence-electron chi connectivity index (χ4n) is 6.70. The maximum atomic E-state index is 11.2. The second kappa shape index (κ2) is 21.1. The van der Waals surface area contributed by atoms with Crippen molar-refractivity contribution in [1.29, 1.82) is 0 Å². The van der Waals surface area contributed by atoms with Gasteiger partial charge in [0.15, 0.2) is 0 Å². The van der Waals surface area contributed by atoms with Gasteiger partial charge in [-0.05, 0) is 24.3 Å². The van der Waals surface area contributed by atoms with Gasteiger partial charge in [-0.1, -0.05) is 18.2 Å². The van der Waals surface area contributed by atoms with Crippen LogP contribution in [-0.2, 0) is 17.5 Å². The van der Waals surface area contributed by atoms with Gasteiger partial charge in [0.1, 0.15) is 17.7 Å². The minimum absolute atomic E-state index is 0. The summed E-state index contributed by atoms with van der Waals surface area (Å²) >= 11 is 6.72. The van der Waals surface area contributed by atoms with E-state index in [0.717, 1.165) is 14.8 Å². The Bertz CT molecular complexity index is 2420. The van der Waals surface area contributed by atoms with E-state index in [1.54, 1.807) is 6.07 Å². The van der Waals surface area contributed by atoms with Crippen molar-refractivity contribution >= 4 is 46.6 Å². The molecule has 3 aromatic carbocycles. The Morgan fingerprint density at radius 3 is 1.63 bits per heavy atom. The third kappa shape index (κ3) is 10.6. The molecule has 313 valence electrons. The van der Waals surface area contributed by atoms with Crippen LogP contribution in [0.15, 0.2) is 126 Å². The monoisotopic (exact) mass is 944 g/mol. The van der Waals surface area contributed by atoms with Gasteiger partial charge in [-0.3, -0.25) is 4.98 Å². The molecule has 0 saturated carbocycles. The van der Waals surface area contributed by atoms with Crippen LogP contribution in [0.25, 0.3) is 34.2 Å². The Kier molecular flexibility index (Phi) is 16.8. The quantitative estimate of drug-likeness (QED) is 0.137. The Morgan fingerprint density at radius 2 is 1.15 bits per heavy atom. The summed E-state index contributed by atoms with van der Waals surface area (Å²) in [6, 6.07) is 29.8. The molecule has 59 heavy (non-hydrogen) atoms. The van der Waals surface area contributed by atoms with E-state index in [1.807, 2.05) is 48.7 Å². The van der Waals surface area contributed by atoms with Crippen molar-refractivity contribution in [3.8, 4) is 34.2 Å². The molecule has 0 bridgehead atoms. The predicted octanol–water partition coefficient (Wildman–Crippen LogP) is 12.7. The van der Waals surface area contributed by atoms with Gasteiger partial charge in [-0.25, -0.2) is 9.78 Å². The van der Waals surface area contributed by atoms with E-state index in [1.165, 1.54) is 56.0 Å². The van der Waals surface area contributed by atoms with Gasteiger partial charge in [0.25, 0.3) is 0 Å². The fourth-order valence-corrected chi connectivity index (χ4v) is 8.81. The van der Waals surface area contributed by atoms with Gasteiger partial charge >= 0.3 is 242 Å². The molecular weight excluding hydrogens is 895 g/mol. The summed E-state index contributed by atoms with van der Waals surface area (Å²) in [5, 5.41) is 9.87. The average molecular weight is 947 g/mol. The molecule has 0 aliphatic carbocycles. The van der Waals surface area contributed by atoms with Gasteiger partial charge < -0.3 is 9.52 Å². The van der Waals surface area contributed by atoms with Crippen LogP contribution in [0.3, 0.4) is 0 Å². The molecule has 0 aliphatic rings. The van der Waals surface area contributed by atoms with Crippen molar-refractivity contribution in [3.05, 3.63) is 159 Å². The second-order valence-electron chi connectivity index (χ2n) is 14.9. The smallest absolute Gasteiger partial charge is 0.337 e. The molecule has 7 aromatic rings. The number of carboxylic acid groups (broad SMARTS) is 1. The first-order valence-electron chi connectivity index (χ1n) is 19.1. The topological polar surface area (TPSA) is 99.0 Å². The molecular formula is C47H51Cl3N5O3Pd. The van der Waals surface area contributed by atoms with Crippen LogP contribution in [-0.4, -0.2) is 35.2 Å². The maximum Gasteiger partial charge on any atom is 0.337 e. The first-order valence-corrected chi connectivity index (χ1v) is 21.1. The minimum atomic E-state index is -1.04. The summed E-state index contributed by atoms with van der Waals surface area (Å²) in [4.78, 5) is 24.3. The van der Waals surface area contributed by atoms with E-state index in [4.69, 9.17) is 26.1 Å². The van der Waals surface area contributed by atoms with Crippen LogP contribution in [0.1, 0.15) is 112 Å². The first kappa shape index (κ1) is 47.1. The number of carboxylic acids is 1. The number of halogens is 3. The zero-order chi connectivity index (χ0) is 40.8. The normalized spacial score (nSPS) is 11.1. The van der Waals surface area contributed by atoms with E-state index < -0.39 is 5.97 Å². The van der Waals surface area contributed by atoms with Crippen molar-refractivity contribution in [2.24, 2.45) is 0 Å². The molecule has 8 nitrogen and oxygen atoms in total. The SMILES string of the molecule is CC(C)c1cccc(C(C)C)c1-n1ccn(-c2c(C(C)C)cccc2C(C)C)[c]1=[Pd][c]1ncccc1Cl.Cl.Cl.O=C(O)c1cccnc1-c1coc(-c2ccccc2)n1. The number of oxazole rings is 1. The molecule has 0 fully saturated rings. The van der Waals surface area contributed by atoms with Gasteiger partial charge in [0.2, 0.25) is 5.89 Å². The van der Waals surface area contributed by atoms with Gasteiger partial charge in [-0.15, -0.1) is 24.8 Å². The minimum Gasteiger partial charge on any atom is -0.478 e. The summed E-state index contributed by atoms with van der Waals surface area (Å²) in [5.41, 5.74) is 9.64. The number of aromatic carboxylic acids is 1. The Hall–Kier alpha value is -4.62. The van der Waals surface area contributed by atoms with E-state index in [0.29, 0.717) is 41.0 Å². The molecule has 0 saturated heterocycles. The van der Waals surface area contributed by atoms with Crippen molar-refractivity contribution in [1.82, 2.24) is 24.1 Å². The zero-order valence-corrected chi connectivity index (χ0v) is 38.3. The van der Waals surface area contributed by atoms with E-state index >= 15 is 0 Å². The molecule has 4 heterocycles. The summed E-state index contributed by atoms with van der Waals surface area (Å²) in [5.74, 6) is 0.985. The number of benzene rings is 3. The largest absolute Gasteiger partial charge is 0.478 e. The molecule has 0 unspecified atom stereocenters. The summed E-state index contributed by atoms with van der Waals surface area (Å²) in [6.07, 6.45) is 9.29. The third-order valence-electron chi connectivity index (χ3n) is 9.54. The number of pyridine rings is 2. The second-order valence-corrected chi connectivity index (χ2v) is 17.1. The van der Waals surface area contributed by atoms with Crippen molar-refractivity contribution in [2.45, 2.75) is 79.1 Å². The molecule has 0 atom stereocenters. The molecule has 12 heteroatoms. The molecule has 0 spiro atoms. The van der Waals surface area contributed by atoms with Crippen molar-refractivity contribution < 1.29 is 31.8 Å². The standard InChI is InChI=1S/C27H36N2.C15H10N2O3.C5H3ClN.2ClH.Pd/c1-18(2)22-11-9-12-23(19(3)4)26(22)28-15-16-29(17-28)27-24(20(5)6)13-10-14-25(27)21(7)8;18-15(19)11-7-4-8-16-13(11)12-9-20-14(17-12)10-5-2-1-3-6-10;6-5-2-1-3-7-4-5;;;/h9-16,18-21H,1-8H3;1-9H,(H,18,19);1-3H;2*1H;. The number of carbonyl (C=O) groups is 1. The van der Waals surface area contributed by atoms with E-state index in [9.17, 15) is 4.79 Å². The van der Waals surface area contributed by atoms with Gasteiger partial charge in [-0.2, -0.15) is 0 Å². The van der Waals surface area contributed by atoms with Crippen LogP contribution < -0.4 is 4.17 Å². The first-order chi connectivity index (χ1) is 27.4. The van der Waals surface area contributed by atoms with Crippen LogP contribution >= 0.6 is 36.4 Å². The average Bonchev–Trinajstić information content (AvgIpc) is 3.86. The van der Waals surface area contributed by atoms with E-state index in [2.05, 4.69) is 123 Å². The van der Waals surface area contributed by atoms with Gasteiger partial charge in [0.05, 0.1) is 5.56 Å². The fraction of sp³-hybridized carbons (Fsp3) is 0.255. The maximum absolute atomic E-state index is 11.2. The number of para-hydroxylation sites is 2. The number of rotatable bonds is 10. The predicted molar refractivity (Wildman–Crippen MR) is 240 cm³/mol. The summed E-state index contributed by atoms with van der Waals surface area (Å²) in [6.45, 7) is 18.3. The summed E-state index contributed by atoms with van der Waals surface area (Å²) < 4.78 is 12.4. The Balaban J connectivity index is 0.000000295. The molecule has 7 rings (SSSR count).